The number of aliphatic hydroxyl groups is 3. The Kier molecular flexibility index (Phi) is 9.88. The Hall–Kier alpha value is -0.990. The molecule has 4 N–H and O–H groups in total. The summed E-state index contributed by atoms with van der Waals surface area (Å²) < 4.78 is 1.06. The summed E-state index contributed by atoms with van der Waals surface area (Å²) in [5.74, 6) is -1.08. The van der Waals surface area contributed by atoms with E-state index in [9.17, 15) is 20.1 Å². The van der Waals surface area contributed by atoms with Gasteiger partial charge >= 0.3 is 5.97 Å². The molecule has 0 bridgehead atoms. The van der Waals surface area contributed by atoms with Crippen LogP contribution in [-0.2, 0) is 11.2 Å². The van der Waals surface area contributed by atoms with Crippen molar-refractivity contribution < 1.29 is 25.2 Å². The van der Waals surface area contributed by atoms with Crippen LogP contribution in [0.3, 0.4) is 0 Å². The van der Waals surface area contributed by atoms with Gasteiger partial charge in [-0.25, -0.2) is 0 Å². The SMILES string of the molecule is O=C(O)CCCC=CC[C@H]1C(O)CC(O)[C@@H]1C=CC(O)CCc1cc(Br)cs1. The molecule has 5 atom stereocenters. The third kappa shape index (κ3) is 7.79. The van der Waals surface area contributed by atoms with Crippen LogP contribution in [-0.4, -0.2) is 44.7 Å². The molecule has 1 aliphatic carbocycles. The number of carboxylic acids is 1. The van der Waals surface area contributed by atoms with Crippen molar-refractivity contribution in [3.8, 4) is 0 Å². The highest BCUT2D eigenvalue weighted by Gasteiger charge is 2.39. The van der Waals surface area contributed by atoms with Crippen LogP contribution in [0.15, 0.2) is 40.2 Å². The lowest BCUT2D eigenvalue weighted by Crippen LogP contribution is -2.20. The Morgan fingerprint density at radius 1 is 1.32 bits per heavy atom. The number of carboxylic acid groups (broad SMARTS) is 1. The van der Waals surface area contributed by atoms with Gasteiger partial charge in [-0.15, -0.1) is 11.3 Å². The number of carbonyl (C=O) groups is 1. The topological polar surface area (TPSA) is 98.0 Å². The lowest BCUT2D eigenvalue weighted by atomic mass is 9.89. The minimum Gasteiger partial charge on any atom is -0.481 e. The number of hydrogen-bond donors (Lipinski definition) is 4. The van der Waals surface area contributed by atoms with E-state index in [1.165, 1.54) is 4.88 Å². The van der Waals surface area contributed by atoms with Gasteiger partial charge in [0.15, 0.2) is 0 Å². The van der Waals surface area contributed by atoms with E-state index in [1.54, 1.807) is 17.4 Å². The van der Waals surface area contributed by atoms with Gasteiger partial charge in [0.25, 0.3) is 0 Å². The molecule has 2 rings (SSSR count). The van der Waals surface area contributed by atoms with E-state index in [4.69, 9.17) is 5.11 Å². The number of thiophene rings is 1. The van der Waals surface area contributed by atoms with Crippen molar-refractivity contribution in [3.05, 3.63) is 45.1 Å². The molecule has 28 heavy (non-hydrogen) atoms. The second-order valence-electron chi connectivity index (χ2n) is 7.33. The highest BCUT2D eigenvalue weighted by molar-refractivity contribution is 9.10. The Morgan fingerprint density at radius 2 is 2.11 bits per heavy atom. The molecule has 1 aromatic heterocycles. The van der Waals surface area contributed by atoms with Crippen molar-refractivity contribution >= 4 is 33.2 Å². The average molecular weight is 473 g/mol. The molecule has 0 aromatic carbocycles. The van der Waals surface area contributed by atoms with E-state index in [0.717, 1.165) is 10.9 Å². The van der Waals surface area contributed by atoms with Crippen LogP contribution in [0.2, 0.25) is 0 Å². The minimum absolute atomic E-state index is 0.0950. The van der Waals surface area contributed by atoms with Gasteiger partial charge in [0, 0.05) is 33.5 Å². The van der Waals surface area contributed by atoms with E-state index in [2.05, 4.69) is 22.0 Å². The second kappa shape index (κ2) is 11.9. The van der Waals surface area contributed by atoms with Crippen LogP contribution in [0.5, 0.6) is 0 Å². The molecule has 1 heterocycles. The summed E-state index contributed by atoms with van der Waals surface area (Å²) in [4.78, 5) is 11.7. The molecule has 1 fully saturated rings. The summed E-state index contributed by atoms with van der Waals surface area (Å²) in [6.07, 6.45) is 9.51. The normalized spacial score (nSPS) is 26.4. The molecule has 3 unspecified atom stereocenters. The van der Waals surface area contributed by atoms with E-state index in [1.807, 2.05) is 23.6 Å². The number of allylic oxidation sites excluding steroid dienone is 2. The van der Waals surface area contributed by atoms with Gasteiger partial charge in [-0.1, -0.05) is 24.3 Å². The molecule has 1 saturated carbocycles. The largest absolute Gasteiger partial charge is 0.481 e. The Balaban J connectivity index is 1.81. The molecule has 0 radical (unpaired) electrons. The summed E-state index contributed by atoms with van der Waals surface area (Å²) in [6.45, 7) is 0. The summed E-state index contributed by atoms with van der Waals surface area (Å²) in [5.41, 5.74) is 0. The van der Waals surface area contributed by atoms with Gasteiger partial charge in [-0.3, -0.25) is 4.79 Å². The molecule has 0 aliphatic heterocycles. The fraction of sp³-hybridized carbons (Fsp3) is 0.571. The zero-order valence-corrected chi connectivity index (χ0v) is 18.2. The summed E-state index contributed by atoms with van der Waals surface area (Å²) >= 11 is 5.08. The van der Waals surface area contributed by atoms with Crippen molar-refractivity contribution in [3.63, 3.8) is 0 Å². The molecule has 7 heteroatoms. The maximum atomic E-state index is 10.5. The number of aliphatic hydroxyl groups excluding tert-OH is 3. The van der Waals surface area contributed by atoms with Gasteiger partial charge in [0.2, 0.25) is 0 Å². The number of aryl methyl sites for hydroxylation is 1. The van der Waals surface area contributed by atoms with E-state index in [0.29, 0.717) is 32.1 Å². The van der Waals surface area contributed by atoms with Crippen LogP contribution in [0.25, 0.3) is 0 Å². The van der Waals surface area contributed by atoms with Crippen LogP contribution >= 0.6 is 27.3 Å². The fourth-order valence-corrected chi connectivity index (χ4v) is 5.05. The van der Waals surface area contributed by atoms with Crippen LogP contribution in [0.4, 0.5) is 0 Å². The molecular weight excluding hydrogens is 444 g/mol. The van der Waals surface area contributed by atoms with Crippen molar-refractivity contribution in [2.24, 2.45) is 11.8 Å². The smallest absolute Gasteiger partial charge is 0.303 e. The first-order valence-electron chi connectivity index (χ1n) is 9.69. The first-order valence-corrected chi connectivity index (χ1v) is 11.4. The van der Waals surface area contributed by atoms with Crippen molar-refractivity contribution in [1.29, 1.82) is 0 Å². The third-order valence-corrected chi connectivity index (χ3v) is 6.87. The van der Waals surface area contributed by atoms with Gasteiger partial charge in [0.05, 0.1) is 18.3 Å². The Morgan fingerprint density at radius 3 is 2.79 bits per heavy atom. The van der Waals surface area contributed by atoms with Crippen molar-refractivity contribution in [2.45, 2.75) is 63.3 Å². The minimum atomic E-state index is -0.793. The molecule has 5 nitrogen and oxygen atoms in total. The number of rotatable bonds is 11. The van der Waals surface area contributed by atoms with Crippen LogP contribution in [0.1, 0.15) is 43.4 Å². The van der Waals surface area contributed by atoms with E-state index < -0.39 is 24.3 Å². The van der Waals surface area contributed by atoms with Crippen molar-refractivity contribution in [2.75, 3.05) is 0 Å². The van der Waals surface area contributed by atoms with Crippen LogP contribution in [0, 0.1) is 11.8 Å². The lowest BCUT2D eigenvalue weighted by Gasteiger charge is -2.19. The number of aliphatic carboxylic acids is 1. The molecule has 156 valence electrons. The first-order chi connectivity index (χ1) is 13.4. The standard InChI is InChI=1S/C21H29BrO5S/c22-14-11-16(28-13-14)9-7-15(23)8-10-18-17(19(24)12-20(18)25)5-3-1-2-4-6-21(26)27/h1,3,8,10-11,13,15,17-20,23-25H,2,4-7,9,12H2,(H,26,27)/t15?,17-,18-,19?,20?/m1/s1. The number of hydrogen-bond acceptors (Lipinski definition) is 5. The zero-order chi connectivity index (χ0) is 20.5. The predicted molar refractivity (Wildman–Crippen MR) is 114 cm³/mol. The van der Waals surface area contributed by atoms with E-state index in [-0.39, 0.29) is 18.3 Å². The highest BCUT2D eigenvalue weighted by Crippen LogP contribution is 2.36. The zero-order valence-electron chi connectivity index (χ0n) is 15.8. The molecule has 1 aliphatic rings. The summed E-state index contributed by atoms with van der Waals surface area (Å²) in [6, 6.07) is 2.05. The van der Waals surface area contributed by atoms with Gasteiger partial charge in [0.1, 0.15) is 0 Å². The monoisotopic (exact) mass is 472 g/mol. The second-order valence-corrected chi connectivity index (χ2v) is 9.24. The third-order valence-electron chi connectivity index (χ3n) is 5.12. The Labute approximate surface area is 178 Å². The van der Waals surface area contributed by atoms with Gasteiger partial charge in [-0.2, -0.15) is 0 Å². The van der Waals surface area contributed by atoms with Gasteiger partial charge in [-0.05, 0) is 60.0 Å². The number of halogens is 1. The quantitative estimate of drug-likeness (QED) is 0.289. The maximum absolute atomic E-state index is 10.5. The maximum Gasteiger partial charge on any atom is 0.303 e. The molecule has 0 spiro atoms. The van der Waals surface area contributed by atoms with Crippen LogP contribution < -0.4 is 0 Å². The predicted octanol–water partition coefficient (Wildman–Crippen LogP) is 3.92. The van der Waals surface area contributed by atoms with E-state index >= 15 is 0 Å². The molecule has 1 aromatic rings. The number of unbranched alkanes of at least 4 members (excludes halogenated alkanes) is 1. The summed E-state index contributed by atoms with van der Waals surface area (Å²) in [5, 5.41) is 41.4. The van der Waals surface area contributed by atoms with Gasteiger partial charge < -0.3 is 20.4 Å². The molecular formula is C21H29BrO5S. The van der Waals surface area contributed by atoms with Crippen molar-refractivity contribution in [1.82, 2.24) is 0 Å². The first kappa shape index (κ1) is 23.3. The Bertz CT molecular complexity index is 672. The average Bonchev–Trinajstić information content (AvgIpc) is 3.16. The lowest BCUT2D eigenvalue weighted by molar-refractivity contribution is -0.137. The fourth-order valence-electron chi connectivity index (χ4n) is 3.58. The highest BCUT2D eigenvalue weighted by atomic mass is 79.9. The molecule has 0 saturated heterocycles. The molecule has 0 amide bonds. The summed E-state index contributed by atoms with van der Waals surface area (Å²) in [7, 11) is 0.